The van der Waals surface area contributed by atoms with Crippen LogP contribution in [0.15, 0.2) is 36.4 Å². The average Bonchev–Trinajstić information content (AvgIpc) is 2.70. The van der Waals surface area contributed by atoms with E-state index in [1.165, 1.54) is 5.56 Å². The number of thioether (sulfide) groups is 1. The van der Waals surface area contributed by atoms with Gasteiger partial charge >= 0.3 is 5.30 Å². The number of aliphatic hydroxyl groups excluding tert-OH is 1. The minimum absolute atomic E-state index is 0.0395. The third-order valence-corrected chi connectivity index (χ3v) is 6.27. The van der Waals surface area contributed by atoms with Crippen molar-refractivity contribution in [3.8, 4) is 0 Å². The molecule has 0 saturated carbocycles. The van der Waals surface area contributed by atoms with Gasteiger partial charge in [0.2, 0.25) is 5.91 Å². The molecule has 0 radical (unpaired) electrons. The number of hydrogen-bond acceptors (Lipinski definition) is 4. The maximum absolute atomic E-state index is 12.4. The smallest absolute Gasteiger partial charge is 0.364 e. The summed E-state index contributed by atoms with van der Waals surface area (Å²) in [4.78, 5) is 24.8. The first-order valence-corrected chi connectivity index (χ1v) is 12.0. The SMILES string of the molecule is CC(C)c1ccc(CC(O)C=CC2CCCC(=O)N2CCCCCSC(=O)O)cc1. The van der Waals surface area contributed by atoms with Crippen LogP contribution in [-0.4, -0.2) is 50.8 Å². The second-order valence-electron chi connectivity index (χ2n) is 8.27. The Morgan fingerprint density at radius 1 is 1.23 bits per heavy atom. The number of unbranched alkanes of at least 4 members (excludes halogenated alkanes) is 2. The monoisotopic (exact) mass is 433 g/mol. The standard InChI is InChI=1S/C24H35NO4S/c1-18(2)20-11-9-19(10-12-20)17-22(26)14-13-21-7-6-8-23(27)25(21)15-4-3-5-16-30-24(28)29/h9-14,18,21-22,26H,3-8,15-17H2,1-2H3,(H,28,29). The molecule has 1 fully saturated rings. The van der Waals surface area contributed by atoms with Crippen LogP contribution in [0.5, 0.6) is 0 Å². The number of amides is 1. The molecule has 1 aliphatic rings. The van der Waals surface area contributed by atoms with Crippen molar-refractivity contribution < 1.29 is 19.8 Å². The van der Waals surface area contributed by atoms with Gasteiger partial charge in [-0.2, -0.15) is 0 Å². The molecule has 166 valence electrons. The molecule has 2 N–H and O–H groups in total. The Hall–Kier alpha value is -1.79. The minimum Gasteiger partial charge on any atom is -0.473 e. The van der Waals surface area contributed by atoms with Crippen LogP contribution in [0.2, 0.25) is 0 Å². The van der Waals surface area contributed by atoms with Crippen molar-refractivity contribution >= 4 is 23.0 Å². The predicted octanol–water partition coefficient (Wildman–Crippen LogP) is 5.23. The maximum Gasteiger partial charge on any atom is 0.364 e. The minimum atomic E-state index is -0.833. The van der Waals surface area contributed by atoms with Crippen LogP contribution in [0, 0.1) is 0 Å². The molecule has 2 rings (SSSR count). The first-order valence-electron chi connectivity index (χ1n) is 11.0. The zero-order chi connectivity index (χ0) is 21.9. The van der Waals surface area contributed by atoms with Gasteiger partial charge in [-0.25, -0.2) is 4.79 Å². The molecule has 0 aliphatic carbocycles. The fourth-order valence-electron chi connectivity index (χ4n) is 3.76. The number of carbonyl (C=O) groups is 2. The lowest BCUT2D eigenvalue weighted by molar-refractivity contribution is -0.135. The molecular weight excluding hydrogens is 398 g/mol. The lowest BCUT2D eigenvalue weighted by Crippen LogP contribution is -2.43. The molecule has 1 amide bonds. The van der Waals surface area contributed by atoms with Crippen LogP contribution in [0.3, 0.4) is 0 Å². The van der Waals surface area contributed by atoms with Gasteiger partial charge in [0.05, 0.1) is 12.1 Å². The highest BCUT2D eigenvalue weighted by atomic mass is 32.2. The number of hydrogen-bond donors (Lipinski definition) is 2. The number of likely N-dealkylation sites (tertiary alicyclic amines) is 1. The molecule has 1 saturated heterocycles. The molecule has 1 aromatic carbocycles. The second kappa shape index (κ2) is 12.8. The van der Waals surface area contributed by atoms with Crippen LogP contribution in [0.25, 0.3) is 0 Å². The van der Waals surface area contributed by atoms with E-state index in [1.807, 2.05) is 17.1 Å². The van der Waals surface area contributed by atoms with E-state index >= 15 is 0 Å². The van der Waals surface area contributed by atoms with Crippen LogP contribution in [0.1, 0.15) is 69.4 Å². The predicted molar refractivity (Wildman–Crippen MR) is 123 cm³/mol. The van der Waals surface area contributed by atoms with Crippen LogP contribution >= 0.6 is 11.8 Å². The van der Waals surface area contributed by atoms with Gasteiger partial charge < -0.3 is 15.1 Å². The molecule has 0 spiro atoms. The number of benzene rings is 1. The third kappa shape index (κ3) is 8.52. The average molecular weight is 434 g/mol. The van der Waals surface area contributed by atoms with Crippen LogP contribution < -0.4 is 0 Å². The summed E-state index contributed by atoms with van der Waals surface area (Å²) in [5, 5.41) is 18.3. The second-order valence-corrected chi connectivity index (χ2v) is 9.32. The Kier molecular flexibility index (Phi) is 10.4. The van der Waals surface area contributed by atoms with E-state index < -0.39 is 11.4 Å². The number of carbonyl (C=O) groups excluding carboxylic acids is 1. The van der Waals surface area contributed by atoms with Gasteiger partial charge in [-0.05, 0) is 54.5 Å². The number of carboxylic acid groups (broad SMARTS) is 1. The topological polar surface area (TPSA) is 77.8 Å². The maximum atomic E-state index is 12.4. The molecular formula is C24H35NO4S. The van der Waals surface area contributed by atoms with Gasteiger partial charge in [0.1, 0.15) is 0 Å². The van der Waals surface area contributed by atoms with Gasteiger partial charge in [-0.15, -0.1) is 0 Å². The Morgan fingerprint density at radius 2 is 1.97 bits per heavy atom. The van der Waals surface area contributed by atoms with E-state index in [-0.39, 0.29) is 11.9 Å². The van der Waals surface area contributed by atoms with E-state index in [1.54, 1.807) is 0 Å². The molecule has 6 heteroatoms. The summed E-state index contributed by atoms with van der Waals surface area (Å²) in [6, 6.07) is 8.43. The summed E-state index contributed by atoms with van der Waals surface area (Å²) in [7, 11) is 0. The number of nitrogens with zero attached hydrogens (tertiary/aromatic N) is 1. The van der Waals surface area contributed by atoms with E-state index in [2.05, 4.69) is 38.1 Å². The zero-order valence-electron chi connectivity index (χ0n) is 18.1. The van der Waals surface area contributed by atoms with Crippen molar-refractivity contribution in [1.82, 2.24) is 4.90 Å². The molecule has 0 bridgehead atoms. The van der Waals surface area contributed by atoms with Crippen molar-refractivity contribution in [2.75, 3.05) is 12.3 Å². The van der Waals surface area contributed by atoms with Crippen molar-refractivity contribution in [3.05, 3.63) is 47.5 Å². The fraction of sp³-hybridized carbons (Fsp3) is 0.583. The molecule has 30 heavy (non-hydrogen) atoms. The summed E-state index contributed by atoms with van der Waals surface area (Å²) in [6.07, 6.45) is 8.84. The van der Waals surface area contributed by atoms with E-state index in [9.17, 15) is 14.7 Å². The van der Waals surface area contributed by atoms with Gasteiger partial charge in [0, 0.05) is 25.1 Å². The Labute approximate surface area is 184 Å². The number of aliphatic hydroxyl groups is 1. The summed E-state index contributed by atoms with van der Waals surface area (Å²) < 4.78 is 0. The Bertz CT molecular complexity index is 702. The summed E-state index contributed by atoms with van der Waals surface area (Å²) in [5.41, 5.74) is 2.40. The van der Waals surface area contributed by atoms with E-state index in [0.717, 1.165) is 49.4 Å². The van der Waals surface area contributed by atoms with Crippen LogP contribution in [-0.2, 0) is 11.2 Å². The quantitative estimate of drug-likeness (QED) is 0.369. The molecule has 2 unspecified atom stereocenters. The normalized spacial score (nSPS) is 18.3. The molecule has 1 heterocycles. The zero-order valence-corrected chi connectivity index (χ0v) is 18.9. The third-order valence-electron chi connectivity index (χ3n) is 5.53. The highest BCUT2D eigenvalue weighted by Crippen LogP contribution is 2.21. The summed E-state index contributed by atoms with van der Waals surface area (Å²) in [6.45, 7) is 5.02. The van der Waals surface area contributed by atoms with Gasteiger partial charge in [0.25, 0.3) is 0 Å². The fourth-order valence-corrected chi connectivity index (χ4v) is 4.29. The van der Waals surface area contributed by atoms with Crippen molar-refractivity contribution in [2.24, 2.45) is 0 Å². The van der Waals surface area contributed by atoms with Gasteiger partial charge in [-0.1, -0.05) is 56.7 Å². The van der Waals surface area contributed by atoms with E-state index in [0.29, 0.717) is 31.1 Å². The van der Waals surface area contributed by atoms with Crippen molar-refractivity contribution in [2.45, 2.75) is 76.9 Å². The molecule has 1 aliphatic heterocycles. The molecule has 5 nitrogen and oxygen atoms in total. The first-order chi connectivity index (χ1) is 14.4. The van der Waals surface area contributed by atoms with Crippen molar-refractivity contribution in [3.63, 3.8) is 0 Å². The molecule has 1 aromatic rings. The number of piperidine rings is 1. The Balaban J connectivity index is 1.82. The largest absolute Gasteiger partial charge is 0.473 e. The summed E-state index contributed by atoms with van der Waals surface area (Å²) in [5.74, 6) is 1.28. The Morgan fingerprint density at radius 3 is 2.63 bits per heavy atom. The lowest BCUT2D eigenvalue weighted by atomic mass is 9.98. The van der Waals surface area contributed by atoms with Crippen molar-refractivity contribution in [1.29, 1.82) is 0 Å². The first kappa shape index (κ1) is 24.5. The summed E-state index contributed by atoms with van der Waals surface area (Å²) >= 11 is 0.929. The molecule has 0 aromatic heterocycles. The van der Waals surface area contributed by atoms with Gasteiger partial charge in [0.15, 0.2) is 0 Å². The molecule has 2 atom stereocenters. The highest BCUT2D eigenvalue weighted by molar-refractivity contribution is 8.13. The van der Waals surface area contributed by atoms with E-state index in [4.69, 9.17) is 5.11 Å². The lowest BCUT2D eigenvalue weighted by Gasteiger charge is -2.34. The van der Waals surface area contributed by atoms with Gasteiger partial charge in [-0.3, -0.25) is 4.79 Å². The van der Waals surface area contributed by atoms with Crippen LogP contribution in [0.4, 0.5) is 4.79 Å². The highest BCUT2D eigenvalue weighted by Gasteiger charge is 2.25. The number of rotatable bonds is 11.